The summed E-state index contributed by atoms with van der Waals surface area (Å²) in [5.41, 5.74) is 0.00841. The van der Waals surface area contributed by atoms with Crippen molar-refractivity contribution >= 4 is 5.97 Å². The third kappa shape index (κ3) is 2.23. The predicted molar refractivity (Wildman–Crippen MR) is 56.1 cm³/mol. The molecule has 16 heavy (non-hydrogen) atoms. The third-order valence-electron chi connectivity index (χ3n) is 3.24. The van der Waals surface area contributed by atoms with Gasteiger partial charge in [0.1, 0.15) is 0 Å². The van der Waals surface area contributed by atoms with Crippen LogP contribution in [0.1, 0.15) is 50.8 Å². The molecule has 1 aliphatic carbocycles. The number of aromatic nitrogens is 2. The van der Waals surface area contributed by atoms with Crippen molar-refractivity contribution in [2.24, 2.45) is 0 Å². The molecule has 1 fully saturated rings. The molecule has 0 unspecified atom stereocenters. The summed E-state index contributed by atoms with van der Waals surface area (Å²) in [6, 6.07) is 0. The summed E-state index contributed by atoms with van der Waals surface area (Å²) in [5, 5.41) is 16.5. The number of hydrogen-bond acceptors (Lipinski definition) is 4. The van der Waals surface area contributed by atoms with Crippen LogP contribution < -0.4 is 0 Å². The van der Waals surface area contributed by atoms with Crippen molar-refractivity contribution in [3.05, 3.63) is 11.8 Å². The van der Waals surface area contributed by atoms with Gasteiger partial charge < -0.3 is 9.52 Å². The molecule has 0 aliphatic heterocycles. The maximum atomic E-state index is 10.4. The van der Waals surface area contributed by atoms with Crippen molar-refractivity contribution in [3.8, 4) is 0 Å². The van der Waals surface area contributed by atoms with E-state index in [0.29, 0.717) is 18.2 Å². The average molecular weight is 224 g/mol. The zero-order valence-electron chi connectivity index (χ0n) is 9.40. The quantitative estimate of drug-likeness (QED) is 0.845. The summed E-state index contributed by atoms with van der Waals surface area (Å²) in [6.07, 6.45) is 4.91. The molecule has 0 bridgehead atoms. The second-order valence-corrected chi connectivity index (χ2v) is 4.66. The molecule has 1 saturated carbocycles. The van der Waals surface area contributed by atoms with E-state index in [-0.39, 0.29) is 11.8 Å². The summed E-state index contributed by atoms with van der Waals surface area (Å²) < 4.78 is 5.54. The molecule has 0 atom stereocenters. The molecule has 0 radical (unpaired) electrons. The number of carboxylic acids is 1. The summed E-state index contributed by atoms with van der Waals surface area (Å²) in [7, 11) is 0. The Morgan fingerprint density at radius 2 is 2.12 bits per heavy atom. The van der Waals surface area contributed by atoms with E-state index in [2.05, 4.69) is 17.1 Å². The van der Waals surface area contributed by atoms with E-state index in [1.54, 1.807) is 0 Å². The second-order valence-electron chi connectivity index (χ2n) is 4.66. The van der Waals surface area contributed by atoms with Gasteiger partial charge in [0.25, 0.3) is 0 Å². The lowest BCUT2D eigenvalue weighted by Crippen LogP contribution is -2.17. The summed E-state index contributed by atoms with van der Waals surface area (Å²) in [4.78, 5) is 10.4. The van der Waals surface area contributed by atoms with Gasteiger partial charge in [-0.05, 0) is 12.8 Å². The molecule has 88 valence electrons. The van der Waals surface area contributed by atoms with E-state index < -0.39 is 5.97 Å². The lowest BCUT2D eigenvalue weighted by molar-refractivity contribution is -0.137. The van der Waals surface area contributed by atoms with Gasteiger partial charge in [-0.15, -0.1) is 10.2 Å². The van der Waals surface area contributed by atoms with E-state index >= 15 is 0 Å². The number of aliphatic carboxylic acids is 1. The van der Waals surface area contributed by atoms with Gasteiger partial charge >= 0.3 is 5.97 Å². The van der Waals surface area contributed by atoms with Crippen LogP contribution in [-0.4, -0.2) is 21.3 Å². The molecule has 5 nitrogen and oxygen atoms in total. The standard InChI is InChI=1S/C11H16N2O3/c1-11(6-2-3-7-11)10-13-12-8(16-10)4-5-9(14)15/h2-7H2,1H3,(H,14,15). The molecule has 2 rings (SSSR count). The van der Waals surface area contributed by atoms with Crippen molar-refractivity contribution in [2.45, 2.75) is 50.9 Å². The maximum Gasteiger partial charge on any atom is 0.303 e. The fourth-order valence-corrected chi connectivity index (χ4v) is 2.18. The van der Waals surface area contributed by atoms with Crippen LogP contribution >= 0.6 is 0 Å². The zero-order chi connectivity index (χ0) is 11.6. The number of nitrogens with zero attached hydrogens (tertiary/aromatic N) is 2. The highest BCUT2D eigenvalue weighted by Gasteiger charge is 2.35. The SMILES string of the molecule is CC1(c2nnc(CCC(=O)O)o2)CCCC1. The molecular formula is C11H16N2O3. The molecule has 1 heterocycles. The van der Waals surface area contributed by atoms with Crippen molar-refractivity contribution in [1.29, 1.82) is 0 Å². The molecule has 5 heteroatoms. The smallest absolute Gasteiger partial charge is 0.303 e. The van der Waals surface area contributed by atoms with Gasteiger partial charge in [0.15, 0.2) is 0 Å². The highest BCUT2D eigenvalue weighted by atomic mass is 16.4. The molecule has 1 aromatic heterocycles. The van der Waals surface area contributed by atoms with Gasteiger partial charge in [-0.3, -0.25) is 4.79 Å². The molecule has 0 amide bonds. The number of aryl methyl sites for hydroxylation is 1. The summed E-state index contributed by atoms with van der Waals surface area (Å²) in [5.74, 6) is 0.266. The first-order valence-electron chi connectivity index (χ1n) is 5.65. The molecule has 1 aromatic rings. The topological polar surface area (TPSA) is 76.2 Å². The zero-order valence-corrected chi connectivity index (χ0v) is 9.40. The van der Waals surface area contributed by atoms with Crippen LogP contribution in [0.3, 0.4) is 0 Å². The minimum Gasteiger partial charge on any atom is -0.481 e. The third-order valence-corrected chi connectivity index (χ3v) is 3.24. The van der Waals surface area contributed by atoms with Crippen LogP contribution in [0.5, 0.6) is 0 Å². The van der Waals surface area contributed by atoms with Crippen LogP contribution in [0.2, 0.25) is 0 Å². The van der Waals surface area contributed by atoms with Crippen LogP contribution in [0.25, 0.3) is 0 Å². The number of carboxylic acid groups (broad SMARTS) is 1. The average Bonchev–Trinajstić information content (AvgIpc) is 2.84. The Morgan fingerprint density at radius 3 is 2.75 bits per heavy atom. The van der Waals surface area contributed by atoms with E-state index in [0.717, 1.165) is 12.8 Å². The van der Waals surface area contributed by atoms with Crippen molar-refractivity contribution in [1.82, 2.24) is 10.2 Å². The van der Waals surface area contributed by atoms with Crippen molar-refractivity contribution in [2.75, 3.05) is 0 Å². The molecule has 0 saturated heterocycles. The maximum absolute atomic E-state index is 10.4. The number of hydrogen-bond donors (Lipinski definition) is 1. The Balaban J connectivity index is 2.04. The van der Waals surface area contributed by atoms with Crippen LogP contribution in [0.4, 0.5) is 0 Å². The lowest BCUT2D eigenvalue weighted by atomic mass is 9.89. The van der Waals surface area contributed by atoms with Gasteiger partial charge in [-0.25, -0.2) is 0 Å². The highest BCUT2D eigenvalue weighted by Crippen LogP contribution is 2.39. The monoisotopic (exact) mass is 224 g/mol. The van der Waals surface area contributed by atoms with E-state index in [4.69, 9.17) is 9.52 Å². The van der Waals surface area contributed by atoms with Gasteiger partial charge in [0, 0.05) is 11.8 Å². The number of carbonyl (C=O) groups is 1. The first kappa shape index (κ1) is 11.1. The van der Waals surface area contributed by atoms with Crippen molar-refractivity contribution < 1.29 is 14.3 Å². The minimum atomic E-state index is -0.841. The predicted octanol–water partition coefficient (Wildman–Crippen LogP) is 1.92. The molecular weight excluding hydrogens is 208 g/mol. The summed E-state index contributed by atoms with van der Waals surface area (Å²) in [6.45, 7) is 2.13. The Kier molecular flexibility index (Phi) is 2.94. The van der Waals surface area contributed by atoms with Gasteiger partial charge in [0.2, 0.25) is 11.8 Å². The van der Waals surface area contributed by atoms with Crippen LogP contribution in [0, 0.1) is 0 Å². The van der Waals surface area contributed by atoms with E-state index in [1.807, 2.05) is 0 Å². The Bertz CT molecular complexity index is 380. The normalized spacial score (nSPS) is 18.8. The van der Waals surface area contributed by atoms with Crippen molar-refractivity contribution in [3.63, 3.8) is 0 Å². The fourth-order valence-electron chi connectivity index (χ4n) is 2.18. The molecule has 1 aliphatic rings. The highest BCUT2D eigenvalue weighted by molar-refractivity contribution is 5.66. The lowest BCUT2D eigenvalue weighted by Gasteiger charge is -2.17. The van der Waals surface area contributed by atoms with Gasteiger partial charge in [-0.2, -0.15) is 0 Å². The first-order valence-corrected chi connectivity index (χ1v) is 5.65. The van der Waals surface area contributed by atoms with Crippen LogP contribution in [0.15, 0.2) is 4.42 Å². The number of rotatable bonds is 4. The van der Waals surface area contributed by atoms with Gasteiger partial charge in [0.05, 0.1) is 6.42 Å². The first-order chi connectivity index (χ1) is 7.60. The largest absolute Gasteiger partial charge is 0.481 e. The fraction of sp³-hybridized carbons (Fsp3) is 0.727. The molecule has 1 N–H and O–H groups in total. The minimum absolute atomic E-state index is 0.00841. The summed E-state index contributed by atoms with van der Waals surface area (Å²) >= 11 is 0. The van der Waals surface area contributed by atoms with E-state index in [9.17, 15) is 4.79 Å². The molecule has 0 spiro atoms. The van der Waals surface area contributed by atoms with Crippen LogP contribution in [-0.2, 0) is 16.6 Å². The molecule has 0 aromatic carbocycles. The second kappa shape index (κ2) is 4.23. The Hall–Kier alpha value is -1.39. The Morgan fingerprint density at radius 1 is 1.44 bits per heavy atom. The van der Waals surface area contributed by atoms with E-state index in [1.165, 1.54) is 12.8 Å². The van der Waals surface area contributed by atoms with Gasteiger partial charge in [-0.1, -0.05) is 19.8 Å². The Labute approximate surface area is 93.9 Å².